The molecular weight excluding hydrogens is 442 g/mol. The van der Waals surface area contributed by atoms with E-state index in [-0.39, 0.29) is 23.9 Å². The predicted molar refractivity (Wildman–Crippen MR) is 123 cm³/mol. The molecule has 0 saturated heterocycles. The van der Waals surface area contributed by atoms with Crippen LogP contribution < -0.4 is 19.5 Å². The number of esters is 2. The van der Waals surface area contributed by atoms with Crippen LogP contribution in [0.5, 0.6) is 17.2 Å². The van der Waals surface area contributed by atoms with Crippen LogP contribution in [0.25, 0.3) is 0 Å². The van der Waals surface area contributed by atoms with Crippen molar-refractivity contribution in [2.24, 2.45) is 11.8 Å². The number of carbonyl (C=O) groups excluding carboxylic acids is 3. The van der Waals surface area contributed by atoms with Gasteiger partial charge >= 0.3 is 11.9 Å². The van der Waals surface area contributed by atoms with Crippen LogP contribution in [0.3, 0.4) is 0 Å². The molecule has 0 radical (unpaired) electrons. The molecule has 1 aromatic carbocycles. The number of allylic oxidation sites excluding steroid dienone is 3. The fourth-order valence-corrected chi connectivity index (χ4v) is 4.76. The molecule has 0 spiro atoms. The Hall–Kier alpha value is -3.49. The normalized spacial score (nSPS) is 22.0. The smallest absolute Gasteiger partial charge is 0.336 e. The highest BCUT2D eigenvalue weighted by Crippen LogP contribution is 2.48. The number of benzene rings is 1. The zero-order valence-electron chi connectivity index (χ0n) is 20.6. The molecule has 1 heterocycles. The van der Waals surface area contributed by atoms with Crippen LogP contribution in [0, 0.1) is 11.8 Å². The summed E-state index contributed by atoms with van der Waals surface area (Å²) in [5, 5.41) is 3.22. The molecule has 0 aromatic heterocycles. The van der Waals surface area contributed by atoms with Crippen LogP contribution >= 0.6 is 0 Å². The van der Waals surface area contributed by atoms with Gasteiger partial charge in [0.25, 0.3) is 0 Å². The molecule has 0 bridgehead atoms. The van der Waals surface area contributed by atoms with Crippen LogP contribution in [0.4, 0.5) is 0 Å². The number of ketones is 1. The van der Waals surface area contributed by atoms with Crippen molar-refractivity contribution in [1.82, 2.24) is 5.32 Å². The number of Topliss-reactive ketones (excluding diaryl/α,β-unsaturated/α-hetero) is 1. The number of hydrogen-bond donors (Lipinski definition) is 1. The maximum absolute atomic E-state index is 13.8. The second-order valence-electron chi connectivity index (χ2n) is 8.21. The molecule has 9 heteroatoms. The third-order valence-electron chi connectivity index (χ3n) is 6.26. The van der Waals surface area contributed by atoms with Crippen molar-refractivity contribution < 1.29 is 38.1 Å². The van der Waals surface area contributed by atoms with E-state index < -0.39 is 23.8 Å². The molecule has 0 amide bonds. The molecule has 0 unspecified atom stereocenters. The van der Waals surface area contributed by atoms with E-state index in [0.717, 1.165) is 0 Å². The molecule has 34 heavy (non-hydrogen) atoms. The lowest BCUT2D eigenvalue weighted by atomic mass is 9.69. The lowest BCUT2D eigenvalue weighted by molar-refractivity contribution is -0.151. The standard InChI is InChI=1S/C25H31NO8/c1-8-34-25(29)19-13(3)26-15-9-12(2)18(24(28)33-7)22(27)21(15)20(19)14-10-16(30-4)23(32-6)17(11-14)31-5/h10-12,18,20,26H,8-9H2,1-7H3/t12-,18-,20+/m0/s1. The van der Waals surface area contributed by atoms with Crippen LogP contribution in [0.2, 0.25) is 0 Å². The molecule has 184 valence electrons. The Labute approximate surface area is 199 Å². The van der Waals surface area contributed by atoms with Crippen molar-refractivity contribution in [3.8, 4) is 17.2 Å². The first kappa shape index (κ1) is 25.1. The number of rotatable bonds is 7. The number of nitrogens with one attached hydrogen (secondary N) is 1. The molecule has 1 aliphatic carbocycles. The highest BCUT2D eigenvalue weighted by atomic mass is 16.5. The minimum Gasteiger partial charge on any atom is -0.493 e. The summed E-state index contributed by atoms with van der Waals surface area (Å²) in [5.41, 5.74) is 2.42. The Kier molecular flexibility index (Phi) is 7.54. The fraction of sp³-hybridized carbons (Fsp3) is 0.480. The van der Waals surface area contributed by atoms with Gasteiger partial charge in [0.2, 0.25) is 5.75 Å². The van der Waals surface area contributed by atoms with E-state index in [4.69, 9.17) is 23.7 Å². The molecule has 2 aliphatic rings. The van der Waals surface area contributed by atoms with Gasteiger partial charge in [-0.25, -0.2) is 4.79 Å². The number of hydrogen-bond acceptors (Lipinski definition) is 9. The summed E-state index contributed by atoms with van der Waals surface area (Å²) in [6.45, 7) is 5.48. The molecule has 1 N–H and O–H groups in total. The third-order valence-corrected chi connectivity index (χ3v) is 6.26. The summed E-state index contributed by atoms with van der Waals surface area (Å²) in [7, 11) is 5.73. The Morgan fingerprint density at radius 2 is 1.68 bits per heavy atom. The molecular formula is C25H31NO8. The van der Waals surface area contributed by atoms with Gasteiger partial charge in [-0.15, -0.1) is 0 Å². The Morgan fingerprint density at radius 1 is 1.06 bits per heavy atom. The predicted octanol–water partition coefficient (Wildman–Crippen LogP) is 2.89. The van der Waals surface area contributed by atoms with Crippen molar-refractivity contribution in [1.29, 1.82) is 0 Å². The third kappa shape index (κ3) is 4.22. The van der Waals surface area contributed by atoms with Gasteiger partial charge < -0.3 is 29.0 Å². The summed E-state index contributed by atoms with van der Waals surface area (Å²) in [4.78, 5) is 39.4. The van der Waals surface area contributed by atoms with Crippen molar-refractivity contribution >= 4 is 17.7 Å². The molecule has 1 aliphatic heterocycles. The van der Waals surface area contributed by atoms with Gasteiger partial charge in [0.15, 0.2) is 17.3 Å². The van der Waals surface area contributed by atoms with Crippen LogP contribution in [-0.2, 0) is 23.9 Å². The summed E-state index contributed by atoms with van der Waals surface area (Å²) < 4.78 is 26.7. The van der Waals surface area contributed by atoms with Crippen molar-refractivity contribution in [3.05, 3.63) is 40.2 Å². The van der Waals surface area contributed by atoms with Gasteiger partial charge in [0.05, 0.1) is 40.6 Å². The SMILES string of the molecule is CCOC(=O)C1=C(C)NC2=C(C(=O)[C@@H](C(=O)OC)[C@@H](C)C2)[C@@H]1c1cc(OC)c(OC)c(OC)c1. The maximum atomic E-state index is 13.8. The quantitative estimate of drug-likeness (QED) is 0.472. The van der Waals surface area contributed by atoms with E-state index in [1.807, 2.05) is 6.92 Å². The highest BCUT2D eigenvalue weighted by Gasteiger charge is 2.47. The second-order valence-corrected chi connectivity index (χ2v) is 8.21. The first-order valence-electron chi connectivity index (χ1n) is 11.0. The van der Waals surface area contributed by atoms with Crippen LogP contribution in [-0.4, -0.2) is 52.8 Å². The van der Waals surface area contributed by atoms with Gasteiger partial charge in [-0.3, -0.25) is 9.59 Å². The molecule has 3 rings (SSSR count). The van der Waals surface area contributed by atoms with Crippen LogP contribution in [0.15, 0.2) is 34.7 Å². The summed E-state index contributed by atoms with van der Waals surface area (Å²) in [6, 6.07) is 3.40. The number of carbonyl (C=O) groups is 3. The Morgan fingerprint density at radius 3 is 2.18 bits per heavy atom. The average Bonchev–Trinajstić information content (AvgIpc) is 2.81. The van der Waals surface area contributed by atoms with Gasteiger partial charge in [-0.05, 0) is 43.9 Å². The maximum Gasteiger partial charge on any atom is 0.336 e. The Balaban J connectivity index is 2.29. The molecule has 9 nitrogen and oxygen atoms in total. The first-order valence-corrected chi connectivity index (χ1v) is 11.0. The fourth-order valence-electron chi connectivity index (χ4n) is 4.76. The highest BCUT2D eigenvalue weighted by molar-refractivity contribution is 6.12. The monoisotopic (exact) mass is 473 g/mol. The first-order chi connectivity index (χ1) is 16.2. The Bertz CT molecular complexity index is 1050. The number of ether oxygens (including phenoxy) is 5. The minimum atomic E-state index is -0.975. The van der Waals surface area contributed by atoms with Crippen molar-refractivity contribution in [3.63, 3.8) is 0 Å². The van der Waals surface area contributed by atoms with Gasteiger partial charge in [-0.1, -0.05) is 6.92 Å². The minimum absolute atomic E-state index is 0.166. The summed E-state index contributed by atoms with van der Waals surface area (Å²) in [6.07, 6.45) is 0.440. The molecule has 0 fully saturated rings. The second kappa shape index (κ2) is 10.2. The average molecular weight is 474 g/mol. The number of methoxy groups -OCH3 is 4. The zero-order valence-corrected chi connectivity index (χ0v) is 20.6. The van der Waals surface area contributed by atoms with Crippen molar-refractivity contribution in [2.45, 2.75) is 33.1 Å². The van der Waals surface area contributed by atoms with Gasteiger partial charge in [-0.2, -0.15) is 0 Å². The van der Waals surface area contributed by atoms with E-state index >= 15 is 0 Å². The lowest BCUT2D eigenvalue weighted by Gasteiger charge is -2.38. The molecule has 1 aromatic rings. The topological polar surface area (TPSA) is 109 Å². The summed E-state index contributed by atoms with van der Waals surface area (Å²) in [5.74, 6) is -2.47. The van der Waals surface area contributed by atoms with E-state index in [2.05, 4.69) is 5.32 Å². The number of dihydropyridines is 1. The zero-order chi connectivity index (χ0) is 25.2. The van der Waals surface area contributed by atoms with E-state index in [1.54, 1.807) is 26.0 Å². The largest absolute Gasteiger partial charge is 0.493 e. The van der Waals surface area contributed by atoms with E-state index in [9.17, 15) is 14.4 Å². The summed E-state index contributed by atoms with van der Waals surface area (Å²) >= 11 is 0. The van der Waals surface area contributed by atoms with Crippen molar-refractivity contribution in [2.75, 3.05) is 35.0 Å². The van der Waals surface area contributed by atoms with Gasteiger partial charge in [0.1, 0.15) is 5.92 Å². The molecule has 3 atom stereocenters. The van der Waals surface area contributed by atoms with Crippen LogP contribution in [0.1, 0.15) is 38.7 Å². The van der Waals surface area contributed by atoms with E-state index in [1.165, 1.54) is 28.4 Å². The van der Waals surface area contributed by atoms with E-state index in [0.29, 0.717) is 46.2 Å². The lowest BCUT2D eigenvalue weighted by Crippen LogP contribution is -2.43. The molecule has 0 saturated carbocycles. The van der Waals surface area contributed by atoms with Gasteiger partial charge in [0, 0.05) is 22.9 Å².